The lowest BCUT2D eigenvalue weighted by molar-refractivity contribution is 0.197. The summed E-state index contributed by atoms with van der Waals surface area (Å²) >= 11 is 0. The van der Waals surface area contributed by atoms with Gasteiger partial charge in [0.05, 0.1) is 6.26 Å². The summed E-state index contributed by atoms with van der Waals surface area (Å²) in [7, 11) is 0. The minimum absolute atomic E-state index is 0.264. The molecule has 1 atom stereocenters. The van der Waals surface area contributed by atoms with Crippen LogP contribution < -0.4 is 0 Å². The van der Waals surface area contributed by atoms with Crippen molar-refractivity contribution in [3.05, 3.63) is 24.0 Å². The van der Waals surface area contributed by atoms with Crippen molar-refractivity contribution in [1.82, 2.24) is 0 Å². The van der Waals surface area contributed by atoms with Gasteiger partial charge < -0.3 is 4.74 Å². The average Bonchev–Trinajstić information content (AvgIpc) is 1.90. The fraction of sp³-hybridized carbons (Fsp3) is 0.500. The highest BCUT2D eigenvalue weighted by atomic mass is 16.5. The van der Waals surface area contributed by atoms with Crippen molar-refractivity contribution in [2.24, 2.45) is 0 Å². The molecule has 0 N–H and O–H groups in total. The Morgan fingerprint density at radius 2 is 2.44 bits per heavy atom. The fourth-order valence-electron chi connectivity index (χ4n) is 0.740. The van der Waals surface area contributed by atoms with E-state index < -0.39 is 0 Å². The van der Waals surface area contributed by atoms with Crippen LogP contribution in [0.4, 0.5) is 0 Å². The van der Waals surface area contributed by atoms with E-state index in [0.29, 0.717) is 0 Å². The first kappa shape index (κ1) is 6.40. The van der Waals surface area contributed by atoms with E-state index >= 15 is 0 Å². The Bertz CT molecular complexity index is 145. The van der Waals surface area contributed by atoms with Gasteiger partial charge in [0.25, 0.3) is 0 Å². The van der Waals surface area contributed by atoms with Crippen LogP contribution in [0, 0.1) is 0 Å². The minimum Gasteiger partial charge on any atom is -0.494 e. The molecule has 0 aromatic heterocycles. The molecule has 0 aromatic carbocycles. The highest BCUT2D eigenvalue weighted by molar-refractivity contribution is 5.19. The van der Waals surface area contributed by atoms with Crippen molar-refractivity contribution in [1.29, 1.82) is 0 Å². The Kier molecular flexibility index (Phi) is 1.93. The maximum absolute atomic E-state index is 5.23. The molecule has 1 aliphatic heterocycles. The summed E-state index contributed by atoms with van der Waals surface area (Å²) in [6, 6.07) is 0. The maximum atomic E-state index is 5.23. The fourth-order valence-corrected chi connectivity index (χ4v) is 0.740. The smallest absolute Gasteiger partial charge is 0.113 e. The zero-order chi connectivity index (χ0) is 6.69. The van der Waals surface area contributed by atoms with Crippen molar-refractivity contribution in [3.8, 4) is 0 Å². The van der Waals surface area contributed by atoms with Gasteiger partial charge in [-0.2, -0.15) is 0 Å². The predicted octanol–water partition coefficient (Wildman–Crippen LogP) is 2.26. The van der Waals surface area contributed by atoms with Crippen LogP contribution in [-0.2, 0) is 4.74 Å². The maximum Gasteiger partial charge on any atom is 0.113 e. The molecule has 0 aliphatic carbocycles. The van der Waals surface area contributed by atoms with Gasteiger partial charge in [0.15, 0.2) is 0 Å². The SMILES string of the molecule is CCC1=COC(C)C=C1. The quantitative estimate of drug-likeness (QED) is 0.521. The number of hydrogen-bond donors (Lipinski definition) is 0. The molecule has 0 bridgehead atoms. The molecule has 1 heterocycles. The highest BCUT2D eigenvalue weighted by Gasteiger charge is 2.00. The normalized spacial score (nSPS) is 25.1. The van der Waals surface area contributed by atoms with Crippen molar-refractivity contribution in [2.45, 2.75) is 26.4 Å². The Hall–Kier alpha value is -0.720. The third-order valence-electron chi connectivity index (χ3n) is 1.42. The van der Waals surface area contributed by atoms with Gasteiger partial charge in [0.1, 0.15) is 6.10 Å². The molecular formula is C8H12O. The molecule has 0 saturated heterocycles. The zero-order valence-corrected chi connectivity index (χ0v) is 5.92. The summed E-state index contributed by atoms with van der Waals surface area (Å²) in [5, 5.41) is 0. The summed E-state index contributed by atoms with van der Waals surface area (Å²) in [5.41, 5.74) is 1.27. The number of ether oxygens (including phenoxy) is 1. The summed E-state index contributed by atoms with van der Waals surface area (Å²) in [4.78, 5) is 0. The van der Waals surface area contributed by atoms with E-state index in [1.54, 1.807) is 0 Å². The van der Waals surface area contributed by atoms with Crippen LogP contribution in [0.5, 0.6) is 0 Å². The molecule has 1 heteroatoms. The first-order chi connectivity index (χ1) is 4.33. The molecule has 9 heavy (non-hydrogen) atoms. The van der Waals surface area contributed by atoms with E-state index in [9.17, 15) is 0 Å². The van der Waals surface area contributed by atoms with Gasteiger partial charge in [-0.05, 0) is 25.0 Å². The Labute approximate surface area is 56.0 Å². The number of hydrogen-bond acceptors (Lipinski definition) is 1. The molecule has 0 aromatic rings. The van der Waals surface area contributed by atoms with Gasteiger partial charge in [-0.25, -0.2) is 0 Å². The summed E-state index contributed by atoms with van der Waals surface area (Å²) in [6.07, 6.45) is 7.35. The Morgan fingerprint density at radius 1 is 1.67 bits per heavy atom. The largest absolute Gasteiger partial charge is 0.494 e. The molecule has 1 aliphatic rings. The van der Waals surface area contributed by atoms with E-state index in [-0.39, 0.29) is 6.10 Å². The molecular weight excluding hydrogens is 112 g/mol. The highest BCUT2D eigenvalue weighted by Crippen LogP contribution is 2.10. The van der Waals surface area contributed by atoms with Gasteiger partial charge in [0.2, 0.25) is 0 Å². The molecule has 0 saturated carbocycles. The van der Waals surface area contributed by atoms with Crippen LogP contribution in [0.2, 0.25) is 0 Å². The first-order valence-electron chi connectivity index (χ1n) is 3.35. The molecule has 0 fully saturated rings. The molecule has 0 amide bonds. The van der Waals surface area contributed by atoms with Gasteiger partial charge >= 0.3 is 0 Å². The predicted molar refractivity (Wildman–Crippen MR) is 38.1 cm³/mol. The van der Waals surface area contributed by atoms with Crippen LogP contribution in [-0.4, -0.2) is 6.10 Å². The van der Waals surface area contributed by atoms with Crippen molar-refractivity contribution in [2.75, 3.05) is 0 Å². The molecule has 1 nitrogen and oxygen atoms in total. The second kappa shape index (κ2) is 2.72. The number of allylic oxidation sites excluding steroid dienone is 2. The summed E-state index contributed by atoms with van der Waals surface area (Å²) < 4.78 is 5.23. The van der Waals surface area contributed by atoms with Crippen molar-refractivity contribution in [3.63, 3.8) is 0 Å². The third-order valence-corrected chi connectivity index (χ3v) is 1.42. The Morgan fingerprint density at radius 3 is 2.89 bits per heavy atom. The molecule has 0 radical (unpaired) electrons. The first-order valence-corrected chi connectivity index (χ1v) is 3.35. The van der Waals surface area contributed by atoms with E-state index in [1.165, 1.54) is 5.57 Å². The lowest BCUT2D eigenvalue weighted by atomic mass is 10.1. The lowest BCUT2D eigenvalue weighted by Gasteiger charge is -2.11. The topological polar surface area (TPSA) is 9.23 Å². The van der Waals surface area contributed by atoms with Gasteiger partial charge in [-0.3, -0.25) is 0 Å². The van der Waals surface area contributed by atoms with Crippen LogP contribution in [0.25, 0.3) is 0 Å². The van der Waals surface area contributed by atoms with Gasteiger partial charge in [-0.15, -0.1) is 0 Å². The van der Waals surface area contributed by atoms with Crippen molar-refractivity contribution >= 4 is 0 Å². The van der Waals surface area contributed by atoms with Gasteiger partial charge in [0, 0.05) is 0 Å². The second-order valence-corrected chi connectivity index (χ2v) is 2.25. The second-order valence-electron chi connectivity index (χ2n) is 2.25. The Balaban J connectivity index is 2.52. The molecule has 50 valence electrons. The zero-order valence-electron chi connectivity index (χ0n) is 5.92. The van der Waals surface area contributed by atoms with Crippen LogP contribution in [0.1, 0.15) is 20.3 Å². The third kappa shape index (κ3) is 1.60. The van der Waals surface area contributed by atoms with Crippen LogP contribution in [0.15, 0.2) is 24.0 Å². The van der Waals surface area contributed by atoms with Gasteiger partial charge in [-0.1, -0.05) is 13.0 Å². The minimum atomic E-state index is 0.264. The number of rotatable bonds is 1. The van der Waals surface area contributed by atoms with E-state index in [1.807, 2.05) is 13.2 Å². The summed E-state index contributed by atoms with van der Waals surface area (Å²) in [6.45, 7) is 4.15. The standard InChI is InChI=1S/C8H12O/c1-3-8-5-4-7(2)9-6-8/h4-7H,3H2,1-2H3. The molecule has 1 rings (SSSR count). The van der Waals surface area contributed by atoms with E-state index in [4.69, 9.17) is 4.74 Å². The van der Waals surface area contributed by atoms with E-state index in [2.05, 4.69) is 19.1 Å². The monoisotopic (exact) mass is 124 g/mol. The average molecular weight is 124 g/mol. The molecule has 0 spiro atoms. The molecule has 1 unspecified atom stereocenters. The van der Waals surface area contributed by atoms with E-state index in [0.717, 1.165) is 6.42 Å². The van der Waals surface area contributed by atoms with Crippen molar-refractivity contribution < 1.29 is 4.74 Å². The van der Waals surface area contributed by atoms with Crippen LogP contribution in [0.3, 0.4) is 0 Å². The lowest BCUT2D eigenvalue weighted by Crippen LogP contribution is -2.03. The summed E-state index contributed by atoms with van der Waals surface area (Å²) in [5.74, 6) is 0. The van der Waals surface area contributed by atoms with Crippen LogP contribution >= 0.6 is 0 Å².